The molecule has 8 heteroatoms. The zero-order valence-corrected chi connectivity index (χ0v) is 13.2. The molecule has 0 saturated heterocycles. The van der Waals surface area contributed by atoms with Crippen molar-refractivity contribution in [3.8, 4) is 0 Å². The lowest BCUT2D eigenvalue weighted by Gasteiger charge is -2.25. The number of carbonyl (C=O) groups excluding carboxylic acids is 1. The van der Waals surface area contributed by atoms with Crippen molar-refractivity contribution in [1.82, 2.24) is 5.32 Å². The summed E-state index contributed by atoms with van der Waals surface area (Å²) in [4.78, 5) is 23.5. The Morgan fingerprint density at radius 1 is 1.38 bits per heavy atom. The number of carbonyl (C=O) groups is 2. The summed E-state index contributed by atoms with van der Waals surface area (Å²) in [5.74, 6) is -2.62. The van der Waals surface area contributed by atoms with Crippen molar-refractivity contribution in [3.05, 3.63) is 35.4 Å². The first kappa shape index (κ1) is 18.3. The lowest BCUT2D eigenvalue weighted by Crippen LogP contribution is -2.55. The summed E-state index contributed by atoms with van der Waals surface area (Å²) in [6, 6.07) is 4.85. The fourth-order valence-corrected chi connectivity index (χ4v) is 2.60. The third-order valence-electron chi connectivity index (χ3n) is 4.07. The van der Waals surface area contributed by atoms with Crippen LogP contribution in [0.25, 0.3) is 0 Å². The number of hydrogen-bond acceptors (Lipinski definition) is 3. The van der Waals surface area contributed by atoms with Crippen molar-refractivity contribution < 1.29 is 32.6 Å². The standard InChI is InChI=1S/C16H18F3NO4/c1-15(8-24-2,14(22)23)20-13(21)12-7-11(12)9-4-3-5-10(6-9)16(17,18)19/h3-6,11-12H,7-8H2,1-2H3,(H,20,21)(H,22,23). The number of benzene rings is 1. The van der Waals surface area contributed by atoms with Gasteiger partial charge in [0.1, 0.15) is 0 Å². The number of halogens is 3. The van der Waals surface area contributed by atoms with Gasteiger partial charge in [-0.2, -0.15) is 13.2 Å². The molecular weight excluding hydrogens is 327 g/mol. The topological polar surface area (TPSA) is 75.6 Å². The van der Waals surface area contributed by atoms with Gasteiger partial charge in [-0.1, -0.05) is 18.2 Å². The number of alkyl halides is 3. The van der Waals surface area contributed by atoms with E-state index in [2.05, 4.69) is 5.32 Å². The fourth-order valence-electron chi connectivity index (χ4n) is 2.60. The Hall–Kier alpha value is -2.09. The average Bonchev–Trinajstić information content (AvgIpc) is 3.27. The highest BCUT2D eigenvalue weighted by Gasteiger charge is 2.47. The van der Waals surface area contributed by atoms with Gasteiger partial charge in [0.2, 0.25) is 5.91 Å². The molecule has 1 amide bonds. The van der Waals surface area contributed by atoms with Crippen molar-refractivity contribution in [2.24, 2.45) is 5.92 Å². The van der Waals surface area contributed by atoms with E-state index >= 15 is 0 Å². The molecule has 1 aromatic carbocycles. The van der Waals surface area contributed by atoms with Crippen LogP contribution in [0.1, 0.15) is 30.4 Å². The van der Waals surface area contributed by atoms with Crippen molar-refractivity contribution >= 4 is 11.9 Å². The van der Waals surface area contributed by atoms with Crippen LogP contribution in [0.15, 0.2) is 24.3 Å². The summed E-state index contributed by atoms with van der Waals surface area (Å²) < 4.78 is 43.0. The molecule has 1 aliphatic rings. The Labute approximate surface area is 136 Å². The molecular formula is C16H18F3NO4. The highest BCUT2D eigenvalue weighted by atomic mass is 19.4. The van der Waals surface area contributed by atoms with Gasteiger partial charge in [0, 0.05) is 13.0 Å². The molecule has 5 nitrogen and oxygen atoms in total. The van der Waals surface area contributed by atoms with Gasteiger partial charge in [0.15, 0.2) is 5.54 Å². The zero-order valence-electron chi connectivity index (χ0n) is 13.2. The molecule has 132 valence electrons. The van der Waals surface area contributed by atoms with Gasteiger partial charge in [-0.15, -0.1) is 0 Å². The Morgan fingerprint density at radius 3 is 2.58 bits per heavy atom. The lowest BCUT2D eigenvalue weighted by atomic mass is 10.0. The minimum Gasteiger partial charge on any atom is -0.479 e. The van der Waals surface area contributed by atoms with Crippen LogP contribution >= 0.6 is 0 Å². The molecule has 0 bridgehead atoms. The third-order valence-corrected chi connectivity index (χ3v) is 4.07. The molecule has 0 radical (unpaired) electrons. The fraction of sp³-hybridized carbons (Fsp3) is 0.500. The van der Waals surface area contributed by atoms with Crippen LogP contribution < -0.4 is 5.32 Å². The number of hydrogen-bond donors (Lipinski definition) is 2. The first-order valence-electron chi connectivity index (χ1n) is 7.30. The molecule has 1 aromatic rings. The third kappa shape index (κ3) is 3.87. The van der Waals surface area contributed by atoms with Gasteiger partial charge in [-0.3, -0.25) is 4.79 Å². The molecule has 0 heterocycles. The molecule has 0 spiro atoms. The van der Waals surface area contributed by atoms with Crippen LogP contribution in [-0.4, -0.2) is 36.2 Å². The highest BCUT2D eigenvalue weighted by molar-refractivity contribution is 5.90. The summed E-state index contributed by atoms with van der Waals surface area (Å²) >= 11 is 0. The Morgan fingerprint density at radius 2 is 2.04 bits per heavy atom. The van der Waals surface area contributed by atoms with Crippen molar-refractivity contribution in [2.45, 2.75) is 31.0 Å². The largest absolute Gasteiger partial charge is 0.479 e. The van der Waals surface area contributed by atoms with Gasteiger partial charge in [0.25, 0.3) is 0 Å². The minimum absolute atomic E-state index is 0.213. The molecule has 3 unspecified atom stereocenters. The van der Waals surface area contributed by atoms with E-state index in [1.165, 1.54) is 20.1 Å². The second-order valence-electron chi connectivity index (χ2n) is 6.13. The van der Waals surface area contributed by atoms with Gasteiger partial charge >= 0.3 is 12.1 Å². The van der Waals surface area contributed by atoms with Gasteiger partial charge < -0.3 is 15.2 Å². The summed E-state index contributed by atoms with van der Waals surface area (Å²) in [6.07, 6.45) is -4.06. The van der Waals surface area contributed by atoms with Crippen molar-refractivity contribution in [2.75, 3.05) is 13.7 Å². The number of aliphatic carboxylic acids is 1. The summed E-state index contributed by atoms with van der Waals surface area (Å²) in [6.45, 7) is 1.10. The molecule has 1 aliphatic carbocycles. The van der Waals surface area contributed by atoms with Crippen LogP contribution in [0.2, 0.25) is 0 Å². The van der Waals surface area contributed by atoms with E-state index < -0.39 is 35.1 Å². The molecule has 1 saturated carbocycles. The maximum absolute atomic E-state index is 12.7. The Bertz CT molecular complexity index is 646. The first-order chi connectivity index (χ1) is 11.1. The molecule has 3 atom stereocenters. The number of nitrogens with one attached hydrogen (secondary N) is 1. The minimum atomic E-state index is -4.44. The summed E-state index contributed by atoms with van der Waals surface area (Å²) in [5, 5.41) is 11.6. The number of carboxylic acids is 1. The van der Waals surface area contributed by atoms with E-state index in [0.29, 0.717) is 12.0 Å². The summed E-state index contributed by atoms with van der Waals surface area (Å²) in [7, 11) is 1.32. The van der Waals surface area contributed by atoms with Gasteiger partial charge in [-0.05, 0) is 30.9 Å². The molecule has 2 N–H and O–H groups in total. The van der Waals surface area contributed by atoms with Crippen LogP contribution in [0.3, 0.4) is 0 Å². The quantitative estimate of drug-likeness (QED) is 0.830. The predicted molar refractivity (Wildman–Crippen MR) is 78.4 cm³/mol. The molecule has 1 fully saturated rings. The Kier molecular flexibility index (Phi) is 4.89. The monoisotopic (exact) mass is 345 g/mol. The Balaban J connectivity index is 2.07. The average molecular weight is 345 g/mol. The number of carboxylic acid groups (broad SMARTS) is 1. The predicted octanol–water partition coefficient (Wildman–Crippen LogP) is 2.41. The van der Waals surface area contributed by atoms with E-state index in [1.807, 2.05) is 0 Å². The lowest BCUT2D eigenvalue weighted by molar-refractivity contribution is -0.149. The van der Waals surface area contributed by atoms with Crippen molar-refractivity contribution in [3.63, 3.8) is 0 Å². The zero-order chi connectivity index (χ0) is 18.1. The van der Waals surface area contributed by atoms with Gasteiger partial charge in [-0.25, -0.2) is 4.79 Å². The molecule has 2 rings (SSSR count). The van der Waals surface area contributed by atoms with E-state index in [0.717, 1.165) is 12.1 Å². The molecule has 0 aliphatic heterocycles. The van der Waals surface area contributed by atoms with Crippen LogP contribution in [0.5, 0.6) is 0 Å². The van der Waals surface area contributed by atoms with E-state index in [-0.39, 0.29) is 12.5 Å². The normalized spacial score (nSPS) is 22.5. The maximum Gasteiger partial charge on any atom is 0.416 e. The van der Waals surface area contributed by atoms with Crippen LogP contribution in [-0.2, 0) is 20.5 Å². The highest BCUT2D eigenvalue weighted by Crippen LogP contribution is 2.48. The number of amides is 1. The maximum atomic E-state index is 12.7. The van der Waals surface area contributed by atoms with Gasteiger partial charge in [0.05, 0.1) is 12.2 Å². The SMILES string of the molecule is COCC(C)(NC(=O)C1CC1c1cccc(C(F)(F)F)c1)C(=O)O. The summed E-state index contributed by atoms with van der Waals surface area (Å²) in [5.41, 5.74) is -1.91. The van der Waals surface area contributed by atoms with E-state index in [4.69, 9.17) is 4.74 Å². The molecule has 24 heavy (non-hydrogen) atoms. The smallest absolute Gasteiger partial charge is 0.416 e. The van der Waals surface area contributed by atoms with Crippen LogP contribution in [0.4, 0.5) is 13.2 Å². The van der Waals surface area contributed by atoms with Crippen LogP contribution in [0, 0.1) is 5.92 Å². The number of ether oxygens (including phenoxy) is 1. The molecule has 0 aromatic heterocycles. The second kappa shape index (κ2) is 6.43. The first-order valence-corrected chi connectivity index (χ1v) is 7.30. The second-order valence-corrected chi connectivity index (χ2v) is 6.13. The van der Waals surface area contributed by atoms with E-state index in [9.17, 15) is 27.9 Å². The van der Waals surface area contributed by atoms with Crippen molar-refractivity contribution in [1.29, 1.82) is 0 Å². The van der Waals surface area contributed by atoms with E-state index in [1.54, 1.807) is 6.07 Å². The number of methoxy groups -OCH3 is 1. The number of rotatable bonds is 6.